The molecule has 0 aliphatic heterocycles. The van der Waals surface area contributed by atoms with Crippen molar-refractivity contribution in [3.8, 4) is 11.5 Å². The number of phenols is 2. The van der Waals surface area contributed by atoms with Crippen LogP contribution < -0.4 is 5.32 Å². The fourth-order valence-corrected chi connectivity index (χ4v) is 3.09. The first kappa shape index (κ1) is 23.3. The van der Waals surface area contributed by atoms with Gasteiger partial charge in [0.05, 0.1) is 27.7 Å². The first-order chi connectivity index (χ1) is 12.8. The molecule has 3 N–H and O–H groups in total. The molecule has 0 saturated carbocycles. The van der Waals surface area contributed by atoms with Crippen molar-refractivity contribution in [2.45, 2.75) is 64.2 Å². The smallest absolute Gasteiger partial charge is 0.220 e. The Hall–Kier alpha value is -1.75. The molecule has 0 aliphatic rings. The Morgan fingerprint density at radius 2 is 1.48 bits per heavy atom. The van der Waals surface area contributed by atoms with E-state index in [1.165, 1.54) is 57.2 Å². The van der Waals surface area contributed by atoms with Crippen LogP contribution >= 0.6 is 0 Å². The highest BCUT2D eigenvalue weighted by Crippen LogP contribution is 2.24. The molecule has 1 amide bonds. The highest BCUT2D eigenvalue weighted by molar-refractivity contribution is 5.75. The number of quaternary nitrogens is 1. The molecular weight excluding hydrogens is 340 g/mol. The lowest BCUT2D eigenvalue weighted by molar-refractivity contribution is -0.870. The van der Waals surface area contributed by atoms with Crippen LogP contribution in [0.15, 0.2) is 18.2 Å². The van der Waals surface area contributed by atoms with E-state index in [0.29, 0.717) is 19.4 Å². The molecule has 5 heteroatoms. The zero-order valence-electron chi connectivity index (χ0n) is 17.5. The van der Waals surface area contributed by atoms with Gasteiger partial charge in [0.2, 0.25) is 5.91 Å². The van der Waals surface area contributed by atoms with Gasteiger partial charge in [0.25, 0.3) is 0 Å². The van der Waals surface area contributed by atoms with Crippen molar-refractivity contribution in [3.05, 3.63) is 23.8 Å². The number of carbonyl (C=O) groups is 1. The molecule has 0 aromatic heterocycles. The van der Waals surface area contributed by atoms with Crippen molar-refractivity contribution in [2.75, 3.05) is 34.2 Å². The molecular formula is C22H39N2O3+. The molecule has 1 aromatic carbocycles. The standard InChI is InChI=1S/C22H38N2O3/c1-24(2,3)17-11-9-7-5-4-6-8-10-12-22(27)23-16-15-19-13-14-20(25)21(26)18-19/h13-14,18H,4-12,15-17H2,1-3H3,(H2-,23,25,26,27)/p+1. The van der Waals surface area contributed by atoms with Crippen molar-refractivity contribution in [2.24, 2.45) is 0 Å². The number of hydrogen-bond donors (Lipinski definition) is 3. The highest BCUT2D eigenvalue weighted by Gasteiger charge is 2.05. The third-order valence-electron chi connectivity index (χ3n) is 4.76. The number of benzene rings is 1. The maximum absolute atomic E-state index is 11.8. The summed E-state index contributed by atoms with van der Waals surface area (Å²) in [7, 11) is 6.73. The maximum atomic E-state index is 11.8. The largest absolute Gasteiger partial charge is 0.504 e. The Kier molecular flexibility index (Phi) is 10.9. The predicted molar refractivity (Wildman–Crippen MR) is 111 cm³/mol. The van der Waals surface area contributed by atoms with Crippen LogP contribution in [0.5, 0.6) is 11.5 Å². The molecule has 0 saturated heterocycles. The summed E-state index contributed by atoms with van der Waals surface area (Å²) < 4.78 is 1.06. The summed E-state index contributed by atoms with van der Waals surface area (Å²) in [5, 5.41) is 21.6. The van der Waals surface area contributed by atoms with E-state index in [1.54, 1.807) is 6.07 Å². The fourth-order valence-electron chi connectivity index (χ4n) is 3.09. The van der Waals surface area contributed by atoms with Crippen LogP contribution in [0.2, 0.25) is 0 Å². The summed E-state index contributed by atoms with van der Waals surface area (Å²) in [5.74, 6) is -0.141. The van der Waals surface area contributed by atoms with Crippen LogP contribution in [-0.2, 0) is 11.2 Å². The average Bonchev–Trinajstić information content (AvgIpc) is 2.58. The van der Waals surface area contributed by atoms with Crippen LogP contribution in [0.25, 0.3) is 0 Å². The molecule has 5 nitrogen and oxygen atoms in total. The van der Waals surface area contributed by atoms with Gasteiger partial charge in [-0.15, -0.1) is 0 Å². The van der Waals surface area contributed by atoms with E-state index in [0.717, 1.165) is 22.9 Å². The van der Waals surface area contributed by atoms with Gasteiger partial charge < -0.3 is 20.0 Å². The summed E-state index contributed by atoms with van der Waals surface area (Å²) in [5.41, 5.74) is 0.895. The monoisotopic (exact) mass is 379 g/mol. The van der Waals surface area contributed by atoms with E-state index < -0.39 is 0 Å². The average molecular weight is 380 g/mol. The van der Waals surface area contributed by atoms with Crippen LogP contribution in [0, 0.1) is 0 Å². The third-order valence-corrected chi connectivity index (χ3v) is 4.76. The summed E-state index contributed by atoms with van der Waals surface area (Å²) in [6, 6.07) is 4.75. The fraction of sp³-hybridized carbons (Fsp3) is 0.682. The second-order valence-electron chi connectivity index (χ2n) is 8.52. The molecule has 0 bridgehead atoms. The molecule has 0 fully saturated rings. The number of hydrogen-bond acceptors (Lipinski definition) is 3. The Labute approximate surface area is 165 Å². The van der Waals surface area contributed by atoms with E-state index in [2.05, 4.69) is 26.5 Å². The minimum absolute atomic E-state index is 0.0957. The molecule has 0 spiro atoms. The first-order valence-corrected chi connectivity index (χ1v) is 10.4. The maximum Gasteiger partial charge on any atom is 0.220 e. The molecule has 27 heavy (non-hydrogen) atoms. The summed E-state index contributed by atoms with van der Waals surface area (Å²) >= 11 is 0. The van der Waals surface area contributed by atoms with Crippen LogP contribution in [-0.4, -0.2) is 54.8 Å². The number of amides is 1. The van der Waals surface area contributed by atoms with Crippen LogP contribution in [0.3, 0.4) is 0 Å². The van der Waals surface area contributed by atoms with Crippen molar-refractivity contribution >= 4 is 5.91 Å². The van der Waals surface area contributed by atoms with E-state index >= 15 is 0 Å². The van der Waals surface area contributed by atoms with Gasteiger partial charge in [0.15, 0.2) is 11.5 Å². The second-order valence-corrected chi connectivity index (χ2v) is 8.52. The van der Waals surface area contributed by atoms with Gasteiger partial charge in [-0.25, -0.2) is 0 Å². The van der Waals surface area contributed by atoms with Crippen LogP contribution in [0.4, 0.5) is 0 Å². The minimum atomic E-state index is -0.119. The van der Waals surface area contributed by atoms with Crippen molar-refractivity contribution in [3.63, 3.8) is 0 Å². The third kappa shape index (κ3) is 12.3. The topological polar surface area (TPSA) is 69.6 Å². The zero-order valence-corrected chi connectivity index (χ0v) is 17.5. The number of rotatable bonds is 14. The Bertz CT molecular complexity index is 553. The number of unbranched alkanes of at least 4 members (excludes halogenated alkanes) is 7. The molecule has 154 valence electrons. The quantitative estimate of drug-likeness (QED) is 0.260. The van der Waals surface area contributed by atoms with E-state index in [1.807, 2.05) is 0 Å². The Balaban J connectivity index is 1.93. The van der Waals surface area contributed by atoms with Gasteiger partial charge in [0, 0.05) is 13.0 Å². The number of aromatic hydroxyl groups is 2. The highest BCUT2D eigenvalue weighted by atomic mass is 16.3. The van der Waals surface area contributed by atoms with Gasteiger partial charge in [-0.1, -0.05) is 38.2 Å². The van der Waals surface area contributed by atoms with Crippen molar-refractivity contribution in [1.29, 1.82) is 0 Å². The van der Waals surface area contributed by atoms with Gasteiger partial charge in [-0.2, -0.15) is 0 Å². The SMILES string of the molecule is C[N+](C)(C)CCCCCCCCCCC(=O)NCCc1ccc(O)c(O)c1. The van der Waals surface area contributed by atoms with Gasteiger partial charge >= 0.3 is 0 Å². The molecule has 0 unspecified atom stereocenters. The Morgan fingerprint density at radius 1 is 0.889 bits per heavy atom. The van der Waals surface area contributed by atoms with Crippen molar-refractivity contribution < 1.29 is 19.5 Å². The zero-order chi connectivity index (χ0) is 20.1. The minimum Gasteiger partial charge on any atom is -0.504 e. The number of nitrogens with zero attached hydrogens (tertiary/aromatic N) is 1. The molecule has 0 atom stereocenters. The van der Waals surface area contributed by atoms with Gasteiger partial charge in [-0.3, -0.25) is 4.79 Å². The molecule has 0 radical (unpaired) electrons. The summed E-state index contributed by atoms with van der Waals surface area (Å²) in [4.78, 5) is 11.8. The van der Waals surface area contributed by atoms with Crippen molar-refractivity contribution in [1.82, 2.24) is 5.32 Å². The Morgan fingerprint density at radius 3 is 2.07 bits per heavy atom. The molecule has 1 aromatic rings. The summed E-state index contributed by atoms with van der Waals surface area (Å²) in [6.45, 7) is 1.80. The predicted octanol–water partition coefficient (Wildman–Crippen LogP) is 3.97. The molecule has 0 aliphatic carbocycles. The van der Waals surface area contributed by atoms with E-state index in [4.69, 9.17) is 0 Å². The lowest BCUT2D eigenvalue weighted by Crippen LogP contribution is -2.35. The number of phenolic OH excluding ortho intramolecular Hbond substituents is 2. The normalized spacial score (nSPS) is 11.5. The second kappa shape index (κ2) is 12.6. The van der Waals surface area contributed by atoms with Gasteiger partial charge in [0.1, 0.15) is 0 Å². The van der Waals surface area contributed by atoms with E-state index in [9.17, 15) is 15.0 Å². The number of nitrogens with one attached hydrogen (secondary N) is 1. The summed E-state index contributed by atoms with van der Waals surface area (Å²) in [6.07, 6.45) is 11.1. The molecule has 0 heterocycles. The molecule has 1 rings (SSSR count). The first-order valence-electron chi connectivity index (χ1n) is 10.4. The lowest BCUT2D eigenvalue weighted by atomic mass is 10.1. The lowest BCUT2D eigenvalue weighted by Gasteiger charge is -2.23. The van der Waals surface area contributed by atoms with E-state index in [-0.39, 0.29) is 17.4 Å². The van der Waals surface area contributed by atoms with Crippen LogP contribution in [0.1, 0.15) is 63.4 Å². The number of carbonyl (C=O) groups excluding carboxylic acids is 1. The van der Waals surface area contributed by atoms with Gasteiger partial charge in [-0.05, 0) is 43.4 Å².